The molecular formula is C10H10N5O7P. The highest BCUT2D eigenvalue weighted by atomic mass is 31.2. The summed E-state index contributed by atoms with van der Waals surface area (Å²) in [4.78, 5) is 41.9. The van der Waals surface area contributed by atoms with Gasteiger partial charge in [0.1, 0.15) is 17.7 Å². The highest BCUT2D eigenvalue weighted by Crippen LogP contribution is 2.38. The lowest BCUT2D eigenvalue weighted by Crippen LogP contribution is -2.07. The molecule has 12 nitrogen and oxygen atoms in total. The minimum atomic E-state index is -4.47. The number of hydrogen-bond donors (Lipinski definition) is 3. The molecule has 0 saturated carbocycles. The van der Waals surface area contributed by atoms with Crippen LogP contribution in [0.4, 0.5) is 17.1 Å². The van der Waals surface area contributed by atoms with Crippen LogP contribution in [-0.4, -0.2) is 35.5 Å². The Morgan fingerprint density at radius 2 is 1.87 bits per heavy atom. The molecule has 0 fully saturated rings. The van der Waals surface area contributed by atoms with E-state index in [0.717, 1.165) is 12.1 Å². The van der Waals surface area contributed by atoms with Crippen LogP contribution in [0.25, 0.3) is 5.69 Å². The number of aromatic nitrogens is 2. The maximum absolute atomic E-state index is 11.1. The first kappa shape index (κ1) is 16.5. The van der Waals surface area contributed by atoms with Crippen molar-refractivity contribution >= 4 is 24.7 Å². The van der Waals surface area contributed by atoms with Crippen LogP contribution in [0, 0.1) is 20.2 Å². The lowest BCUT2D eigenvalue weighted by atomic mass is 10.2. The topological polar surface area (TPSA) is 174 Å². The molecule has 0 radical (unpaired) electrons. The second kappa shape index (κ2) is 6.12. The maximum atomic E-state index is 11.1. The summed E-state index contributed by atoms with van der Waals surface area (Å²) in [6.07, 6.45) is 3.14. The maximum Gasteiger partial charge on any atom is 0.344 e. The number of hydrogen-bond acceptors (Lipinski definition) is 7. The summed E-state index contributed by atoms with van der Waals surface area (Å²) < 4.78 is 12.2. The number of benzene rings is 1. The molecule has 0 aliphatic carbocycles. The molecule has 3 N–H and O–H groups in total. The monoisotopic (exact) mass is 343 g/mol. The zero-order chi connectivity index (χ0) is 17.2. The van der Waals surface area contributed by atoms with Crippen LogP contribution in [0.5, 0.6) is 0 Å². The fraction of sp³-hybridized carbons (Fsp3) is 0.100. The van der Waals surface area contributed by atoms with Crippen LogP contribution in [0.2, 0.25) is 0 Å². The van der Waals surface area contributed by atoms with Crippen LogP contribution in [0.3, 0.4) is 0 Å². The number of imidazole rings is 1. The van der Waals surface area contributed by atoms with Gasteiger partial charge in [-0.3, -0.25) is 24.8 Å². The van der Waals surface area contributed by atoms with E-state index in [4.69, 9.17) is 9.79 Å². The molecule has 122 valence electrons. The average Bonchev–Trinajstić information content (AvgIpc) is 2.97. The van der Waals surface area contributed by atoms with Crippen molar-refractivity contribution < 1.29 is 24.2 Å². The predicted molar refractivity (Wildman–Crippen MR) is 77.4 cm³/mol. The lowest BCUT2D eigenvalue weighted by molar-refractivity contribution is -0.393. The molecule has 1 aromatic carbocycles. The van der Waals surface area contributed by atoms with Crippen molar-refractivity contribution in [1.82, 2.24) is 9.55 Å². The van der Waals surface area contributed by atoms with Gasteiger partial charge in [0.05, 0.1) is 22.2 Å². The zero-order valence-electron chi connectivity index (χ0n) is 11.3. The van der Waals surface area contributed by atoms with Crippen LogP contribution in [0.1, 0.15) is 0 Å². The van der Waals surface area contributed by atoms with E-state index >= 15 is 0 Å². The molecule has 0 atom stereocenters. The van der Waals surface area contributed by atoms with Gasteiger partial charge in [0.15, 0.2) is 0 Å². The molecule has 2 rings (SSSR count). The molecule has 1 heterocycles. The SMILES string of the molecule is O=[N+]([O-])c1cc([N+](=O)[O-])c(-n2ccnc2)cc1NCP(=O)(O)O. The molecule has 2 aromatic rings. The van der Waals surface area contributed by atoms with Crippen LogP contribution in [-0.2, 0) is 4.57 Å². The van der Waals surface area contributed by atoms with E-state index in [1.165, 1.54) is 23.3 Å². The van der Waals surface area contributed by atoms with Crippen molar-refractivity contribution in [2.24, 2.45) is 0 Å². The van der Waals surface area contributed by atoms with Crippen LogP contribution < -0.4 is 5.32 Å². The minimum Gasteiger partial charge on any atom is -0.368 e. The van der Waals surface area contributed by atoms with Crippen molar-refractivity contribution in [2.45, 2.75) is 0 Å². The molecule has 0 bridgehead atoms. The quantitative estimate of drug-likeness (QED) is 0.396. The number of nitrogens with zero attached hydrogens (tertiary/aromatic N) is 4. The van der Waals surface area contributed by atoms with Gasteiger partial charge in [-0.2, -0.15) is 0 Å². The van der Waals surface area contributed by atoms with Crippen molar-refractivity contribution in [3.05, 3.63) is 51.1 Å². The highest BCUT2D eigenvalue weighted by Gasteiger charge is 2.26. The van der Waals surface area contributed by atoms with E-state index < -0.39 is 35.1 Å². The molecule has 13 heteroatoms. The Morgan fingerprint density at radius 3 is 2.35 bits per heavy atom. The predicted octanol–water partition coefficient (Wildman–Crippen LogP) is 1.24. The molecule has 0 amide bonds. The zero-order valence-corrected chi connectivity index (χ0v) is 12.2. The van der Waals surface area contributed by atoms with Gasteiger partial charge >= 0.3 is 7.60 Å². The molecular weight excluding hydrogens is 333 g/mol. The van der Waals surface area contributed by atoms with Crippen molar-refractivity contribution in [3.63, 3.8) is 0 Å². The number of nitrogens with one attached hydrogen (secondary N) is 1. The summed E-state index contributed by atoms with van der Waals surface area (Å²) in [7, 11) is -4.47. The Bertz CT molecular complexity index is 800. The molecule has 0 saturated heterocycles. The van der Waals surface area contributed by atoms with E-state index in [0.29, 0.717) is 0 Å². The van der Waals surface area contributed by atoms with Gasteiger partial charge in [-0.1, -0.05) is 0 Å². The molecule has 1 aromatic heterocycles. The summed E-state index contributed by atoms with van der Waals surface area (Å²) in [5.41, 5.74) is -1.51. The van der Waals surface area contributed by atoms with E-state index in [9.17, 15) is 24.8 Å². The van der Waals surface area contributed by atoms with Crippen LogP contribution in [0.15, 0.2) is 30.9 Å². The van der Waals surface area contributed by atoms with Crippen LogP contribution >= 0.6 is 7.60 Å². The molecule has 0 unspecified atom stereocenters. The van der Waals surface area contributed by atoms with Gasteiger partial charge < -0.3 is 19.7 Å². The Hall–Kier alpha value is -2.82. The first-order valence-electron chi connectivity index (χ1n) is 5.92. The van der Waals surface area contributed by atoms with E-state index in [2.05, 4.69) is 10.3 Å². The largest absolute Gasteiger partial charge is 0.368 e. The standard InChI is InChI=1S/C10H10N5O7P/c16-14(17)8-4-10(15(18)19)9(13-2-1-11-5-13)3-7(8)12-6-23(20,21)22/h1-5,12H,6H2,(H2,20,21,22). The van der Waals surface area contributed by atoms with Gasteiger partial charge in [0.2, 0.25) is 0 Å². The Morgan fingerprint density at radius 1 is 1.22 bits per heavy atom. The van der Waals surface area contributed by atoms with Gasteiger partial charge in [-0.25, -0.2) is 4.98 Å². The normalized spacial score (nSPS) is 11.2. The second-order valence-electron chi connectivity index (χ2n) is 4.34. The molecule has 0 spiro atoms. The van der Waals surface area contributed by atoms with E-state index in [1.807, 2.05) is 0 Å². The third-order valence-corrected chi connectivity index (χ3v) is 3.31. The summed E-state index contributed by atoms with van der Waals surface area (Å²) in [6, 6.07) is 1.78. The number of nitro benzene ring substituents is 2. The van der Waals surface area contributed by atoms with Crippen molar-refractivity contribution in [2.75, 3.05) is 11.6 Å². The summed E-state index contributed by atoms with van der Waals surface area (Å²) in [6.45, 7) is 0. The van der Waals surface area contributed by atoms with Crippen molar-refractivity contribution in [3.8, 4) is 5.69 Å². The van der Waals surface area contributed by atoms with E-state index in [1.54, 1.807) is 0 Å². The first-order valence-corrected chi connectivity index (χ1v) is 7.72. The fourth-order valence-corrected chi connectivity index (χ4v) is 2.18. The van der Waals surface area contributed by atoms with Gasteiger partial charge in [0.25, 0.3) is 11.4 Å². The first-order chi connectivity index (χ1) is 10.7. The number of anilines is 1. The van der Waals surface area contributed by atoms with E-state index in [-0.39, 0.29) is 11.4 Å². The Kier molecular flexibility index (Phi) is 4.40. The van der Waals surface area contributed by atoms with Gasteiger partial charge in [0, 0.05) is 12.4 Å². The molecule has 0 aliphatic heterocycles. The molecule has 23 heavy (non-hydrogen) atoms. The molecule has 0 aliphatic rings. The average molecular weight is 343 g/mol. The minimum absolute atomic E-state index is 0.0358. The number of nitro groups is 2. The van der Waals surface area contributed by atoms with Gasteiger partial charge in [-0.15, -0.1) is 0 Å². The lowest BCUT2D eigenvalue weighted by Gasteiger charge is -2.11. The third-order valence-electron chi connectivity index (χ3n) is 2.74. The highest BCUT2D eigenvalue weighted by molar-refractivity contribution is 7.51. The van der Waals surface area contributed by atoms with Crippen molar-refractivity contribution in [1.29, 1.82) is 0 Å². The fourth-order valence-electron chi connectivity index (χ4n) is 1.80. The Balaban J connectivity index is 2.60. The summed E-state index contributed by atoms with van der Waals surface area (Å²) >= 11 is 0. The summed E-state index contributed by atoms with van der Waals surface area (Å²) in [5.74, 6) is 0. The Labute approximate surface area is 127 Å². The summed E-state index contributed by atoms with van der Waals surface area (Å²) in [5, 5.41) is 24.4. The van der Waals surface area contributed by atoms with Gasteiger partial charge in [-0.05, 0) is 6.07 Å². The third kappa shape index (κ3) is 3.88. The second-order valence-corrected chi connectivity index (χ2v) is 5.99. The smallest absolute Gasteiger partial charge is 0.344 e. The number of rotatable bonds is 6.